The van der Waals surface area contributed by atoms with Gasteiger partial charge in [-0.3, -0.25) is 4.57 Å². The van der Waals surface area contributed by atoms with Crippen LogP contribution in [0.1, 0.15) is 20.1 Å². The van der Waals surface area contributed by atoms with Gasteiger partial charge < -0.3 is 30.5 Å². The minimum atomic E-state index is -2.90. The number of aliphatic hydroxyl groups excluding tert-OH is 1. The van der Waals surface area contributed by atoms with Gasteiger partial charge >= 0.3 is 0 Å². The highest BCUT2D eigenvalue weighted by atomic mass is 19.1. The Morgan fingerprint density at radius 3 is 2.75 bits per heavy atom. The zero-order valence-electron chi connectivity index (χ0n) is 13.0. The van der Waals surface area contributed by atoms with Crippen LogP contribution >= 0.6 is 0 Å². The average molecular weight is 343 g/mol. The lowest BCUT2D eigenvalue weighted by Crippen LogP contribution is -2.54. The summed E-state index contributed by atoms with van der Waals surface area (Å²) in [7, 11) is 0. The highest BCUT2D eigenvalue weighted by Gasteiger charge is 2.65. The van der Waals surface area contributed by atoms with Crippen LogP contribution < -0.4 is 10.5 Å². The lowest BCUT2D eigenvalue weighted by atomic mass is 9.94. The Balaban J connectivity index is 2.14. The Labute approximate surface area is 135 Å². The summed E-state index contributed by atoms with van der Waals surface area (Å²) in [6.45, 7) is 2.23. The maximum Gasteiger partial charge on any atom is 0.247 e. The summed E-state index contributed by atoms with van der Waals surface area (Å²) in [6.07, 6.45) is -1.83. The van der Waals surface area contributed by atoms with Crippen molar-refractivity contribution in [3.8, 4) is 5.88 Å². The molecule has 1 fully saturated rings. The molecule has 3 atom stereocenters. The molecule has 2 aromatic rings. The minimum Gasteiger partial charge on any atom is -0.476 e. The van der Waals surface area contributed by atoms with Crippen molar-refractivity contribution >= 4 is 17.1 Å². The van der Waals surface area contributed by atoms with Crippen molar-refractivity contribution in [2.75, 3.05) is 18.9 Å². The van der Waals surface area contributed by atoms with Gasteiger partial charge in [-0.15, -0.1) is 0 Å². The molecule has 3 heterocycles. The van der Waals surface area contributed by atoms with Crippen LogP contribution in [0, 0.1) is 0 Å². The smallest absolute Gasteiger partial charge is 0.247 e. The van der Waals surface area contributed by atoms with Crippen LogP contribution in [-0.4, -0.2) is 65.6 Å². The molecular weight excluding hydrogens is 325 g/mol. The summed E-state index contributed by atoms with van der Waals surface area (Å²) < 4.78 is 26.8. The summed E-state index contributed by atoms with van der Waals surface area (Å²) in [5.74, 6) is -2.90. The molecular formula is C13H18FN5O5. The molecule has 0 bridgehead atoms. The first kappa shape index (κ1) is 16.8. The molecule has 5 N–H and O–H groups in total. The number of imidazole rings is 1. The lowest BCUT2D eigenvalue weighted by Gasteiger charge is -2.30. The molecule has 0 aliphatic carbocycles. The molecule has 10 nitrogen and oxygen atoms in total. The zero-order valence-corrected chi connectivity index (χ0v) is 13.0. The Kier molecular flexibility index (Phi) is 3.83. The molecule has 0 radical (unpaired) electrons. The van der Waals surface area contributed by atoms with E-state index < -0.39 is 30.4 Å². The number of anilines is 1. The molecule has 1 aliphatic heterocycles. The van der Waals surface area contributed by atoms with E-state index >= 15 is 4.39 Å². The highest BCUT2D eigenvalue weighted by Crippen LogP contribution is 2.47. The minimum absolute atomic E-state index is 0.106. The van der Waals surface area contributed by atoms with Crippen molar-refractivity contribution in [1.29, 1.82) is 0 Å². The van der Waals surface area contributed by atoms with E-state index in [1.54, 1.807) is 6.92 Å². The average Bonchev–Trinajstić information content (AvgIpc) is 2.98. The lowest BCUT2D eigenvalue weighted by molar-refractivity contribution is -0.249. The van der Waals surface area contributed by atoms with E-state index in [9.17, 15) is 15.3 Å². The highest BCUT2D eigenvalue weighted by molar-refractivity contribution is 5.77. The third-order valence-electron chi connectivity index (χ3n) is 4.03. The molecule has 3 rings (SSSR count). The number of halogens is 1. The van der Waals surface area contributed by atoms with Crippen molar-refractivity contribution in [1.82, 2.24) is 19.5 Å². The van der Waals surface area contributed by atoms with Gasteiger partial charge in [0.25, 0.3) is 0 Å². The Bertz CT molecular complexity index is 765. The van der Waals surface area contributed by atoms with E-state index in [0.29, 0.717) is 6.61 Å². The number of fused-ring (bicyclic) bond motifs is 1. The number of aromatic nitrogens is 4. The molecule has 24 heavy (non-hydrogen) atoms. The maximum atomic E-state index is 15.0. The standard InChI is InChI=1S/C13H18FN5O5/c1-3-23-9-7-8(17-11(15)18-9)19(5-16-7)10-12(2,14)13(21,22)6(4-20)24-10/h5-6,10,20-22H,3-4H2,1-2H3,(H2,15,17,18)/t6-,10-,12+/m1/s1. The van der Waals surface area contributed by atoms with Crippen LogP contribution in [0.4, 0.5) is 10.3 Å². The fourth-order valence-corrected chi connectivity index (χ4v) is 2.69. The Morgan fingerprint density at radius 2 is 2.17 bits per heavy atom. The van der Waals surface area contributed by atoms with Gasteiger partial charge in [-0.2, -0.15) is 9.97 Å². The van der Waals surface area contributed by atoms with E-state index in [1.165, 1.54) is 6.33 Å². The maximum absolute atomic E-state index is 15.0. The molecule has 2 aromatic heterocycles. The van der Waals surface area contributed by atoms with Gasteiger partial charge in [-0.25, -0.2) is 9.37 Å². The van der Waals surface area contributed by atoms with E-state index in [2.05, 4.69) is 15.0 Å². The first-order valence-electron chi connectivity index (χ1n) is 7.26. The first-order valence-corrected chi connectivity index (χ1v) is 7.26. The molecule has 0 unspecified atom stereocenters. The second kappa shape index (κ2) is 5.48. The fourth-order valence-electron chi connectivity index (χ4n) is 2.69. The van der Waals surface area contributed by atoms with E-state index in [0.717, 1.165) is 11.5 Å². The Morgan fingerprint density at radius 1 is 1.46 bits per heavy atom. The van der Waals surface area contributed by atoms with Gasteiger partial charge in [0.05, 0.1) is 19.5 Å². The molecule has 132 valence electrons. The molecule has 0 aromatic carbocycles. The van der Waals surface area contributed by atoms with Crippen molar-refractivity contribution < 1.29 is 29.2 Å². The van der Waals surface area contributed by atoms with E-state index in [-0.39, 0.29) is 23.0 Å². The number of aliphatic hydroxyl groups is 3. The monoisotopic (exact) mass is 343 g/mol. The van der Waals surface area contributed by atoms with Gasteiger partial charge in [-0.05, 0) is 13.8 Å². The van der Waals surface area contributed by atoms with Gasteiger partial charge in [0, 0.05) is 0 Å². The molecule has 0 amide bonds. The summed E-state index contributed by atoms with van der Waals surface area (Å²) in [6, 6.07) is 0. The van der Waals surface area contributed by atoms with Crippen molar-refractivity contribution in [3.05, 3.63) is 6.33 Å². The number of nitrogen functional groups attached to an aromatic ring is 1. The number of nitrogens with zero attached hydrogens (tertiary/aromatic N) is 4. The second-order valence-corrected chi connectivity index (χ2v) is 5.61. The number of hydrogen-bond acceptors (Lipinski definition) is 9. The number of nitrogens with two attached hydrogens (primary N) is 1. The predicted molar refractivity (Wildman–Crippen MR) is 78.6 cm³/mol. The third kappa shape index (κ3) is 2.20. The van der Waals surface area contributed by atoms with Gasteiger partial charge in [0.2, 0.25) is 23.3 Å². The second-order valence-electron chi connectivity index (χ2n) is 5.61. The molecule has 0 spiro atoms. The SMILES string of the molecule is CCOc1nc(N)nc2c1ncn2[C@@H]1O[C@H](CO)C(O)(O)[C@@]1(C)F. The predicted octanol–water partition coefficient (Wildman–Crippen LogP) is -0.894. The van der Waals surface area contributed by atoms with Crippen molar-refractivity contribution in [3.63, 3.8) is 0 Å². The van der Waals surface area contributed by atoms with Crippen LogP contribution in [0.2, 0.25) is 0 Å². The van der Waals surface area contributed by atoms with Crippen LogP contribution in [-0.2, 0) is 4.74 Å². The zero-order chi connectivity index (χ0) is 17.7. The van der Waals surface area contributed by atoms with Crippen molar-refractivity contribution in [2.24, 2.45) is 0 Å². The van der Waals surface area contributed by atoms with E-state index in [1.807, 2.05) is 0 Å². The number of rotatable bonds is 4. The largest absolute Gasteiger partial charge is 0.476 e. The van der Waals surface area contributed by atoms with Gasteiger partial charge in [0.1, 0.15) is 6.10 Å². The normalized spacial score (nSPS) is 29.2. The quantitative estimate of drug-likeness (QED) is 0.518. The third-order valence-corrected chi connectivity index (χ3v) is 4.03. The van der Waals surface area contributed by atoms with Crippen molar-refractivity contribution in [2.45, 2.75) is 37.6 Å². The van der Waals surface area contributed by atoms with Gasteiger partial charge in [0.15, 0.2) is 17.4 Å². The van der Waals surface area contributed by atoms with Crippen LogP contribution in [0.5, 0.6) is 5.88 Å². The van der Waals surface area contributed by atoms with Crippen LogP contribution in [0.15, 0.2) is 6.33 Å². The topological polar surface area (TPSA) is 149 Å². The molecule has 0 saturated carbocycles. The summed E-state index contributed by atoms with van der Waals surface area (Å²) >= 11 is 0. The molecule has 11 heteroatoms. The number of alkyl halides is 1. The number of ether oxygens (including phenoxy) is 2. The van der Waals surface area contributed by atoms with Crippen LogP contribution in [0.25, 0.3) is 11.2 Å². The van der Waals surface area contributed by atoms with Gasteiger partial charge in [-0.1, -0.05) is 0 Å². The fraction of sp³-hybridized carbons (Fsp3) is 0.615. The summed E-state index contributed by atoms with van der Waals surface area (Å²) in [5, 5.41) is 29.2. The van der Waals surface area contributed by atoms with E-state index in [4.69, 9.17) is 15.2 Å². The molecule has 1 aliphatic rings. The first-order chi connectivity index (χ1) is 11.2. The number of hydrogen-bond donors (Lipinski definition) is 4. The summed E-state index contributed by atoms with van der Waals surface area (Å²) in [4.78, 5) is 12.0. The van der Waals surface area contributed by atoms with Crippen LogP contribution in [0.3, 0.4) is 0 Å². The summed E-state index contributed by atoms with van der Waals surface area (Å²) in [5.41, 5.74) is 3.31. The Hall–Kier alpha value is -2.08. The molecule has 1 saturated heterocycles.